The van der Waals surface area contributed by atoms with E-state index in [0.717, 1.165) is 11.3 Å². The van der Waals surface area contributed by atoms with Crippen molar-refractivity contribution < 1.29 is 13.2 Å². The Morgan fingerprint density at radius 3 is 2.18 bits per heavy atom. The molecule has 0 fully saturated rings. The molecule has 1 heterocycles. The number of hydrogen-bond donors (Lipinski definition) is 0. The van der Waals surface area contributed by atoms with E-state index in [1.54, 1.807) is 22.6 Å². The summed E-state index contributed by atoms with van der Waals surface area (Å²) in [6.07, 6.45) is -4.43. The number of alkyl halides is 3. The lowest BCUT2D eigenvalue weighted by atomic mass is 10.5. The summed E-state index contributed by atoms with van der Waals surface area (Å²) in [5.74, 6) is 0. The molecule has 1 aromatic heterocycles. The van der Waals surface area contributed by atoms with Crippen molar-refractivity contribution in [3.05, 3.63) is 13.0 Å². The van der Waals surface area contributed by atoms with E-state index >= 15 is 0 Å². The van der Waals surface area contributed by atoms with Gasteiger partial charge in [-0.05, 0) is 22.6 Å². The summed E-state index contributed by atoms with van der Waals surface area (Å²) in [6, 6.07) is 0. The monoisotopic (exact) mass is 313 g/mol. The first kappa shape index (κ1) is 9.53. The molecule has 0 bridgehead atoms. The predicted molar refractivity (Wildman–Crippen MR) is 44.8 cm³/mol. The number of halogens is 5. The molecule has 1 nitrogen and oxygen atoms in total. The molecule has 1 rings (SSSR count). The number of hydrogen-bond acceptors (Lipinski definition) is 2. The van der Waals surface area contributed by atoms with Crippen molar-refractivity contribution in [1.82, 2.24) is 4.98 Å². The summed E-state index contributed by atoms with van der Waals surface area (Å²) in [5.41, 5.74) is -0.992. The minimum absolute atomic E-state index is 0.292. The van der Waals surface area contributed by atoms with Gasteiger partial charge in [0.1, 0.15) is 4.34 Å². The highest BCUT2D eigenvalue weighted by Gasteiger charge is 2.36. The van der Waals surface area contributed by atoms with Crippen LogP contribution in [0, 0.1) is 3.01 Å². The minimum atomic E-state index is -4.43. The zero-order valence-electron chi connectivity index (χ0n) is 4.75. The van der Waals surface area contributed by atoms with Crippen LogP contribution in [0.2, 0.25) is 4.34 Å². The smallest absolute Gasteiger partial charge is 0.224 e. The van der Waals surface area contributed by atoms with Gasteiger partial charge >= 0.3 is 6.18 Å². The second kappa shape index (κ2) is 3.06. The largest absolute Gasteiger partial charge is 0.435 e. The molecule has 0 aliphatic heterocycles. The van der Waals surface area contributed by atoms with Crippen LogP contribution in [0.4, 0.5) is 13.2 Å². The van der Waals surface area contributed by atoms with Crippen molar-refractivity contribution in [1.29, 1.82) is 0 Å². The van der Waals surface area contributed by atoms with Crippen LogP contribution in [0.15, 0.2) is 0 Å². The van der Waals surface area contributed by atoms with E-state index in [0.29, 0.717) is 3.01 Å². The van der Waals surface area contributed by atoms with Crippen molar-refractivity contribution in [2.75, 3.05) is 0 Å². The topological polar surface area (TPSA) is 12.9 Å². The van der Waals surface area contributed by atoms with Crippen molar-refractivity contribution in [2.24, 2.45) is 0 Å². The molecule has 0 spiro atoms. The maximum absolute atomic E-state index is 11.9. The summed E-state index contributed by atoms with van der Waals surface area (Å²) in [6.45, 7) is 0. The van der Waals surface area contributed by atoms with E-state index < -0.39 is 11.9 Å². The minimum Gasteiger partial charge on any atom is -0.224 e. The fourth-order valence-corrected chi connectivity index (χ4v) is 2.66. The normalized spacial score (nSPS) is 12.1. The van der Waals surface area contributed by atoms with E-state index in [1.807, 2.05) is 0 Å². The molecule has 0 saturated heterocycles. The quantitative estimate of drug-likeness (QED) is 0.669. The van der Waals surface area contributed by atoms with Gasteiger partial charge in [-0.25, -0.2) is 4.98 Å². The molecule has 0 aromatic carbocycles. The zero-order valence-corrected chi connectivity index (χ0v) is 8.48. The van der Waals surface area contributed by atoms with Gasteiger partial charge in [-0.1, -0.05) is 22.9 Å². The van der Waals surface area contributed by atoms with Gasteiger partial charge in [0.2, 0.25) is 0 Å². The Kier molecular flexibility index (Phi) is 2.65. The van der Waals surface area contributed by atoms with Gasteiger partial charge in [0.25, 0.3) is 0 Å². The predicted octanol–water partition coefficient (Wildman–Crippen LogP) is 3.42. The van der Waals surface area contributed by atoms with Crippen molar-refractivity contribution in [3.8, 4) is 0 Å². The fraction of sp³-hybridized carbons (Fsp3) is 0.250. The van der Waals surface area contributed by atoms with E-state index in [2.05, 4.69) is 4.98 Å². The van der Waals surface area contributed by atoms with Gasteiger partial charge in [-0.15, -0.1) is 0 Å². The lowest BCUT2D eigenvalue weighted by molar-refractivity contribution is -0.140. The Morgan fingerprint density at radius 1 is 1.45 bits per heavy atom. The fourth-order valence-electron chi connectivity index (χ4n) is 0.452. The van der Waals surface area contributed by atoms with Crippen molar-refractivity contribution in [3.63, 3.8) is 0 Å². The van der Waals surface area contributed by atoms with E-state index in [4.69, 9.17) is 11.6 Å². The highest BCUT2D eigenvalue weighted by Crippen LogP contribution is 2.37. The average Bonchev–Trinajstić information content (AvgIpc) is 2.08. The SMILES string of the molecule is FC(F)(F)c1nc(I)sc1Cl. The van der Waals surface area contributed by atoms with Gasteiger partial charge < -0.3 is 0 Å². The zero-order chi connectivity index (χ0) is 8.65. The molecule has 0 radical (unpaired) electrons. The lowest BCUT2D eigenvalue weighted by Crippen LogP contribution is -2.05. The summed E-state index contributed by atoms with van der Waals surface area (Å²) in [5, 5.41) is 0. The summed E-state index contributed by atoms with van der Waals surface area (Å²) in [4.78, 5) is 3.23. The summed E-state index contributed by atoms with van der Waals surface area (Å²) < 4.78 is 35.7. The molecule has 7 heteroatoms. The Balaban J connectivity index is 3.13. The highest BCUT2D eigenvalue weighted by molar-refractivity contribution is 14.1. The molecule has 1 aromatic rings. The first-order valence-electron chi connectivity index (χ1n) is 2.30. The third-order valence-corrected chi connectivity index (χ3v) is 2.77. The number of rotatable bonds is 0. The Morgan fingerprint density at radius 2 is 2.00 bits per heavy atom. The Bertz CT molecular complexity index is 271. The number of thiazole rings is 1. The third kappa shape index (κ3) is 2.19. The van der Waals surface area contributed by atoms with Crippen LogP contribution in [0.1, 0.15) is 5.69 Å². The van der Waals surface area contributed by atoms with Crippen molar-refractivity contribution in [2.45, 2.75) is 6.18 Å². The lowest BCUT2D eigenvalue weighted by Gasteiger charge is -2.00. The molecule has 0 aliphatic carbocycles. The molecule has 0 N–H and O–H groups in total. The number of nitrogens with zero attached hydrogens (tertiary/aromatic N) is 1. The first-order valence-corrected chi connectivity index (χ1v) is 4.57. The molecule has 0 atom stereocenters. The summed E-state index contributed by atoms with van der Waals surface area (Å²) in [7, 11) is 0. The van der Waals surface area contributed by atoms with Gasteiger partial charge in [0.05, 0.1) is 0 Å². The Hall–Kier alpha value is 0.440. The molecule has 11 heavy (non-hydrogen) atoms. The molecular weight excluding hydrogens is 313 g/mol. The maximum Gasteiger partial charge on any atom is 0.435 e. The van der Waals surface area contributed by atoms with Crippen molar-refractivity contribution >= 4 is 45.5 Å². The Labute approximate surface area is 82.7 Å². The average molecular weight is 313 g/mol. The number of aromatic nitrogens is 1. The summed E-state index contributed by atoms with van der Waals surface area (Å²) >= 11 is 7.77. The van der Waals surface area contributed by atoms with Crippen LogP contribution in [-0.2, 0) is 6.18 Å². The van der Waals surface area contributed by atoms with E-state index in [1.165, 1.54) is 0 Å². The molecule has 0 saturated carbocycles. The molecule has 0 amide bonds. The first-order chi connectivity index (χ1) is 4.91. The van der Waals surface area contributed by atoms with E-state index in [9.17, 15) is 13.2 Å². The van der Waals surface area contributed by atoms with E-state index in [-0.39, 0.29) is 4.34 Å². The van der Waals surface area contributed by atoms with Gasteiger partial charge in [-0.3, -0.25) is 0 Å². The van der Waals surface area contributed by atoms with Gasteiger partial charge in [0, 0.05) is 0 Å². The molecular formula is C4ClF3INS. The molecule has 0 unspecified atom stereocenters. The van der Waals surface area contributed by atoms with Crippen LogP contribution in [0.25, 0.3) is 0 Å². The van der Waals surface area contributed by atoms with Crippen LogP contribution in [-0.4, -0.2) is 4.98 Å². The molecule has 62 valence electrons. The van der Waals surface area contributed by atoms with Crippen LogP contribution >= 0.6 is 45.5 Å². The highest BCUT2D eigenvalue weighted by atomic mass is 127. The maximum atomic E-state index is 11.9. The van der Waals surface area contributed by atoms with Gasteiger partial charge in [0.15, 0.2) is 8.71 Å². The standard InChI is InChI=1S/C4ClF3INS/c5-2-1(4(6,7)8)10-3(9)11-2. The van der Waals surface area contributed by atoms with Crippen LogP contribution < -0.4 is 0 Å². The second-order valence-corrected chi connectivity index (χ2v) is 4.94. The van der Waals surface area contributed by atoms with Crippen LogP contribution in [0.5, 0.6) is 0 Å². The van der Waals surface area contributed by atoms with Gasteiger partial charge in [-0.2, -0.15) is 13.2 Å². The third-order valence-electron chi connectivity index (χ3n) is 0.828. The second-order valence-electron chi connectivity index (χ2n) is 1.59. The molecule has 0 aliphatic rings. The van der Waals surface area contributed by atoms with Crippen LogP contribution in [0.3, 0.4) is 0 Å².